The van der Waals surface area contributed by atoms with E-state index in [1.807, 2.05) is 78.9 Å². The van der Waals surface area contributed by atoms with Gasteiger partial charge < -0.3 is 25.1 Å². The van der Waals surface area contributed by atoms with E-state index in [-0.39, 0.29) is 24.7 Å². The normalized spacial score (nSPS) is 17.9. The van der Waals surface area contributed by atoms with Crippen LogP contribution in [0.4, 0.5) is 0 Å². The molecule has 1 aliphatic heterocycles. The van der Waals surface area contributed by atoms with Crippen LogP contribution in [-0.2, 0) is 22.6 Å². The van der Waals surface area contributed by atoms with Crippen LogP contribution in [-0.4, -0.2) is 27.9 Å². The van der Waals surface area contributed by atoms with Gasteiger partial charge in [0.2, 0.25) is 0 Å². The Morgan fingerprint density at radius 3 is 2.49 bits per heavy atom. The maximum atomic E-state index is 12.5. The van der Waals surface area contributed by atoms with Gasteiger partial charge >= 0.3 is 0 Å². The molecule has 45 heavy (non-hydrogen) atoms. The lowest BCUT2D eigenvalue weighted by molar-refractivity contribution is -0.645. The molecule has 3 atom stereocenters. The quantitative estimate of drug-likeness (QED) is 0.110. The van der Waals surface area contributed by atoms with Gasteiger partial charge in [0.05, 0.1) is 24.4 Å². The second kappa shape index (κ2) is 14.5. The molecule has 1 saturated heterocycles. The van der Waals surface area contributed by atoms with Gasteiger partial charge in [0.15, 0.2) is 12.5 Å². The van der Waals surface area contributed by atoms with E-state index in [4.69, 9.17) is 9.47 Å². The number of benzene rings is 3. The highest BCUT2D eigenvalue weighted by Crippen LogP contribution is 2.39. The summed E-state index contributed by atoms with van der Waals surface area (Å²) in [7, 11) is 0. The highest BCUT2D eigenvalue weighted by Gasteiger charge is 2.32. The van der Waals surface area contributed by atoms with Crippen LogP contribution in [0, 0.1) is 5.21 Å². The summed E-state index contributed by atoms with van der Waals surface area (Å²) in [6, 6.07) is 32.8. The molecule has 1 amide bonds. The van der Waals surface area contributed by atoms with Crippen LogP contribution in [0.5, 0.6) is 0 Å². The third-order valence-corrected chi connectivity index (χ3v) is 8.79. The Hall–Kier alpha value is -4.54. The molecule has 3 aromatic carbocycles. The number of pyridine rings is 2. The smallest absolute Gasteiger partial charge is 0.253 e. The summed E-state index contributed by atoms with van der Waals surface area (Å²) in [6.45, 7) is 0.386. The molecule has 2 aromatic heterocycles. The Bertz CT molecular complexity index is 1720. The Morgan fingerprint density at radius 2 is 1.73 bits per heavy atom. The first kappa shape index (κ1) is 30.5. The number of ether oxygens (including phenoxy) is 2. The second-order valence-electron chi connectivity index (χ2n) is 10.8. The van der Waals surface area contributed by atoms with Crippen LogP contribution in [0.25, 0.3) is 11.1 Å². The van der Waals surface area contributed by atoms with Crippen molar-refractivity contribution in [1.82, 2.24) is 10.3 Å². The number of amides is 1. The van der Waals surface area contributed by atoms with Gasteiger partial charge in [0.1, 0.15) is 0 Å². The molecule has 9 heteroatoms. The third-order valence-electron chi connectivity index (χ3n) is 7.64. The van der Waals surface area contributed by atoms with Gasteiger partial charge in [-0.15, -0.1) is 0 Å². The van der Waals surface area contributed by atoms with Gasteiger partial charge in [-0.2, -0.15) is 4.73 Å². The monoisotopic (exact) mass is 619 g/mol. The molecule has 0 radical (unpaired) electrons. The standard InChI is InChI=1S/C36H33N3O5S/c40-23-25-9-11-28(12-10-25)33-20-32(24-45-34-8-1-2-18-39(34)42)43-36(44-33)29-15-13-27(14-16-29)30-6-3-5-26(19-30)21-38-35(41)31-7-4-17-37-22-31/h1-19,22,32-33,36,40H,20-21,23-24H2,(H,38,41)/t32-,33+,36+/m1/s1. The van der Waals surface area contributed by atoms with E-state index >= 15 is 0 Å². The summed E-state index contributed by atoms with van der Waals surface area (Å²) in [5.41, 5.74) is 6.32. The number of aromatic nitrogens is 2. The molecule has 228 valence electrons. The summed E-state index contributed by atoms with van der Waals surface area (Å²) >= 11 is 1.47. The molecule has 1 aliphatic rings. The largest absolute Gasteiger partial charge is 0.618 e. The van der Waals surface area contributed by atoms with Crippen molar-refractivity contribution in [2.24, 2.45) is 0 Å². The molecule has 6 rings (SSSR count). The van der Waals surface area contributed by atoms with E-state index in [0.717, 1.165) is 38.1 Å². The van der Waals surface area contributed by atoms with Crippen molar-refractivity contribution < 1.29 is 24.1 Å². The molecule has 8 nitrogen and oxygen atoms in total. The molecular formula is C36H33N3O5S. The number of thioether (sulfide) groups is 1. The Morgan fingerprint density at radius 1 is 0.911 bits per heavy atom. The number of carbonyl (C=O) groups excluding carboxylic acids is 1. The van der Waals surface area contributed by atoms with Crippen LogP contribution < -0.4 is 10.0 Å². The SMILES string of the molecule is O=C(NCc1cccc(-c2ccc([C@H]3O[C@@H](CSc4cccc[n+]4[O-])C[C@@H](c4ccc(CO)cc4)O3)cc2)c1)c1cccnc1. The highest BCUT2D eigenvalue weighted by molar-refractivity contribution is 7.99. The molecule has 0 unspecified atom stereocenters. The summed E-state index contributed by atoms with van der Waals surface area (Å²) in [5, 5.41) is 25.3. The predicted octanol–water partition coefficient (Wildman–Crippen LogP) is 6.14. The van der Waals surface area contributed by atoms with Crippen molar-refractivity contribution in [3.05, 3.63) is 155 Å². The molecule has 2 N–H and O–H groups in total. The zero-order valence-electron chi connectivity index (χ0n) is 24.5. The molecular weight excluding hydrogens is 586 g/mol. The van der Waals surface area contributed by atoms with Gasteiger partial charge in [-0.05, 0) is 52.1 Å². The minimum Gasteiger partial charge on any atom is -0.618 e. The minimum atomic E-state index is -0.593. The zero-order valence-corrected chi connectivity index (χ0v) is 25.3. The number of carbonyl (C=O) groups is 1. The fraction of sp³-hybridized carbons (Fsp3) is 0.194. The second-order valence-corrected chi connectivity index (χ2v) is 11.8. The van der Waals surface area contributed by atoms with Gasteiger partial charge in [0, 0.05) is 48.8 Å². The Balaban J connectivity index is 1.16. The van der Waals surface area contributed by atoms with Crippen molar-refractivity contribution in [1.29, 1.82) is 0 Å². The fourth-order valence-corrected chi connectivity index (χ4v) is 6.13. The van der Waals surface area contributed by atoms with Gasteiger partial charge in [0.25, 0.3) is 10.9 Å². The number of aliphatic hydroxyl groups is 1. The maximum Gasteiger partial charge on any atom is 0.253 e. The zero-order chi connectivity index (χ0) is 31.0. The molecule has 3 heterocycles. The van der Waals surface area contributed by atoms with Gasteiger partial charge in [-0.25, -0.2) is 0 Å². The number of rotatable bonds is 10. The summed E-state index contributed by atoms with van der Waals surface area (Å²) in [6.07, 6.45) is 4.36. The topological polar surface area (TPSA) is 108 Å². The number of hydrogen-bond acceptors (Lipinski definition) is 7. The first-order chi connectivity index (χ1) is 22.1. The number of hydrogen-bond donors (Lipinski definition) is 2. The van der Waals surface area contributed by atoms with Crippen LogP contribution in [0.2, 0.25) is 0 Å². The summed E-state index contributed by atoms with van der Waals surface area (Å²) in [5.74, 6) is 0.431. The molecule has 5 aromatic rings. The highest BCUT2D eigenvalue weighted by atomic mass is 32.2. The summed E-state index contributed by atoms with van der Waals surface area (Å²) < 4.78 is 13.8. The van der Waals surface area contributed by atoms with Crippen LogP contribution in [0.15, 0.2) is 127 Å². The molecule has 1 fully saturated rings. The van der Waals surface area contributed by atoms with Crippen molar-refractivity contribution in [3.8, 4) is 11.1 Å². The lowest BCUT2D eigenvalue weighted by atomic mass is 9.99. The van der Waals surface area contributed by atoms with E-state index in [2.05, 4.69) is 16.4 Å². The van der Waals surface area contributed by atoms with E-state index < -0.39 is 6.29 Å². The lowest BCUT2D eigenvalue weighted by Gasteiger charge is -2.36. The van der Waals surface area contributed by atoms with Crippen LogP contribution in [0.1, 0.15) is 51.4 Å². The predicted molar refractivity (Wildman–Crippen MR) is 172 cm³/mol. The fourth-order valence-electron chi connectivity index (χ4n) is 5.20. The van der Waals surface area contributed by atoms with E-state index in [1.165, 1.54) is 18.0 Å². The minimum absolute atomic E-state index is 0.0155. The average Bonchev–Trinajstić information content (AvgIpc) is 3.11. The number of nitrogens with one attached hydrogen (secondary N) is 1. The van der Waals surface area contributed by atoms with Crippen LogP contribution >= 0.6 is 11.8 Å². The molecule has 0 bridgehead atoms. The van der Waals surface area contributed by atoms with Crippen molar-refractivity contribution in [3.63, 3.8) is 0 Å². The lowest BCUT2D eigenvalue weighted by Crippen LogP contribution is -2.32. The Kier molecular flexibility index (Phi) is 9.82. The summed E-state index contributed by atoms with van der Waals surface area (Å²) in [4.78, 5) is 16.5. The molecule has 0 saturated carbocycles. The number of aliphatic hydroxyl groups excluding tert-OH is 1. The van der Waals surface area contributed by atoms with Crippen molar-refractivity contribution >= 4 is 17.7 Å². The maximum absolute atomic E-state index is 12.5. The third kappa shape index (κ3) is 7.76. The average molecular weight is 620 g/mol. The van der Waals surface area contributed by atoms with E-state index in [1.54, 1.807) is 30.6 Å². The van der Waals surface area contributed by atoms with Gasteiger partial charge in [-0.1, -0.05) is 78.5 Å². The van der Waals surface area contributed by atoms with Crippen molar-refractivity contribution in [2.45, 2.75) is 43.1 Å². The molecule has 0 spiro atoms. The van der Waals surface area contributed by atoms with E-state index in [0.29, 0.717) is 29.3 Å². The number of nitrogens with zero attached hydrogens (tertiary/aromatic N) is 2. The van der Waals surface area contributed by atoms with Crippen LogP contribution in [0.3, 0.4) is 0 Å². The first-order valence-electron chi connectivity index (χ1n) is 14.7. The van der Waals surface area contributed by atoms with E-state index in [9.17, 15) is 15.1 Å². The van der Waals surface area contributed by atoms with Crippen molar-refractivity contribution in [2.75, 3.05) is 5.75 Å². The Labute approximate surface area is 266 Å². The first-order valence-corrected chi connectivity index (χ1v) is 15.7. The molecule has 0 aliphatic carbocycles. The van der Waals surface area contributed by atoms with Gasteiger partial charge in [-0.3, -0.25) is 9.78 Å².